The van der Waals surface area contributed by atoms with E-state index in [1.165, 1.54) is 170 Å². The average Bonchev–Trinajstić information content (AvgIpc) is 3.26. The first-order chi connectivity index (χ1) is 30.8. The topological polar surface area (TPSA) is 173 Å². The quantitative estimate of drug-likeness (QED) is 0.0272. The molecule has 0 aliphatic rings. The molecule has 0 atom stereocenters. The molecule has 4 aromatic rings. The minimum Gasteiger partial charge on any atom is -0.872 e. The Bertz CT molecular complexity index is 1940. The maximum absolute atomic E-state index is 11.9. The largest absolute Gasteiger partial charge is 2.00 e. The third kappa shape index (κ3) is 24.7. The van der Waals surface area contributed by atoms with Gasteiger partial charge in [0.15, 0.2) is 0 Å². The summed E-state index contributed by atoms with van der Waals surface area (Å²) in [4.78, 5) is -0.324. The van der Waals surface area contributed by atoms with E-state index in [2.05, 4.69) is 13.8 Å². The van der Waals surface area contributed by atoms with Crippen molar-refractivity contribution >= 4 is 58.0 Å². The maximum Gasteiger partial charge on any atom is 2.00 e. The molecule has 4 rings (SSSR count). The molecule has 0 bridgehead atoms. The van der Waals surface area contributed by atoms with Gasteiger partial charge in [0.2, 0.25) is 0 Å². The monoisotopic (exact) mass is 962 g/mol. The number of benzene rings is 4. The van der Waals surface area contributed by atoms with Crippen LogP contribution < -0.4 is 14.6 Å². The van der Waals surface area contributed by atoms with E-state index in [0.717, 1.165) is 38.5 Å². The van der Waals surface area contributed by atoms with Gasteiger partial charge in [0.25, 0.3) is 10.1 Å². The van der Waals surface area contributed by atoms with Gasteiger partial charge >= 0.3 is 37.7 Å². The minimum absolute atomic E-state index is 0. The zero-order valence-electron chi connectivity index (χ0n) is 39.2. The molecular weight excluding hydrogens is 889 g/mol. The van der Waals surface area contributed by atoms with Crippen LogP contribution in [0.2, 0.25) is 0 Å². The molecule has 0 aromatic heterocycles. The zero-order valence-corrected chi connectivity index (χ0v) is 43.0. The summed E-state index contributed by atoms with van der Waals surface area (Å²) < 4.78 is 80.4. The first-order valence-corrected chi connectivity index (χ1v) is 26.8. The van der Waals surface area contributed by atoms with Crippen LogP contribution in [0.3, 0.4) is 0 Å². The molecule has 0 fully saturated rings. The van der Waals surface area contributed by atoms with E-state index in [0.29, 0.717) is 47.0 Å². The number of rotatable bonds is 32. The maximum atomic E-state index is 11.9. The fraction of sp³-hybridized carbons (Fsp3) is 0.538. The Kier molecular flexibility index (Phi) is 30.1. The van der Waals surface area contributed by atoms with Gasteiger partial charge in [0, 0.05) is 11.1 Å². The number of phenolic OH excluding ortho intramolecular Hbond substituents is 1. The van der Waals surface area contributed by atoms with E-state index in [1.54, 1.807) is 30.3 Å². The second kappa shape index (κ2) is 33.6. The Labute approximate surface area is 421 Å². The number of hydrogen-bond acceptors (Lipinski definition) is 9. The molecule has 10 nitrogen and oxygen atoms in total. The van der Waals surface area contributed by atoms with Gasteiger partial charge in [-0.1, -0.05) is 179 Å². The molecule has 0 heterocycles. The molecule has 0 aliphatic carbocycles. The van der Waals surface area contributed by atoms with Gasteiger partial charge in [-0.2, -0.15) is 8.42 Å². The summed E-state index contributed by atoms with van der Waals surface area (Å²) in [7, 11) is -8.94. The van der Waals surface area contributed by atoms with Crippen LogP contribution in [-0.4, -0.2) is 68.8 Å². The molecule has 0 saturated heterocycles. The van der Waals surface area contributed by atoms with Crippen LogP contribution in [0.15, 0.2) is 94.7 Å². The standard InChI is InChI=1S/2C26H38O5S.Ca/c2*1-2-3-4-5-6-7-8-9-10-11-12-13-15-24-25(16-14-17-26(24)32(28,29)30)31-23-20-18-22(27)19-21-23;/h2*14,16-21,27H,2-13,15H2,1H3,(H,28,29,30);/q;;+2/p-2. The van der Waals surface area contributed by atoms with Gasteiger partial charge in [-0.05, 0) is 86.3 Å². The molecular formula is C52H74CaO10S2. The van der Waals surface area contributed by atoms with Crippen molar-refractivity contribution < 1.29 is 45.6 Å². The van der Waals surface area contributed by atoms with Crippen LogP contribution in [-0.2, 0) is 33.1 Å². The van der Waals surface area contributed by atoms with Gasteiger partial charge in [-0.25, -0.2) is 8.42 Å². The van der Waals surface area contributed by atoms with Gasteiger partial charge in [0.1, 0.15) is 43.8 Å². The second-order valence-corrected chi connectivity index (χ2v) is 19.6. The summed E-state index contributed by atoms with van der Waals surface area (Å²) >= 11 is 0. The van der Waals surface area contributed by atoms with Crippen molar-refractivity contribution in [1.82, 2.24) is 0 Å². The van der Waals surface area contributed by atoms with Crippen molar-refractivity contribution in [2.24, 2.45) is 0 Å². The van der Waals surface area contributed by atoms with E-state index >= 15 is 0 Å². The Morgan fingerprint density at radius 3 is 1.14 bits per heavy atom. The van der Waals surface area contributed by atoms with Gasteiger partial charge in [-0.3, -0.25) is 4.55 Å². The molecule has 0 aliphatic heterocycles. The summed E-state index contributed by atoms with van der Waals surface area (Å²) in [5.41, 5.74) is 0.913. The third-order valence-corrected chi connectivity index (χ3v) is 13.3. The van der Waals surface area contributed by atoms with Crippen LogP contribution in [0.25, 0.3) is 0 Å². The molecule has 0 spiro atoms. The zero-order chi connectivity index (χ0) is 46.5. The molecule has 65 heavy (non-hydrogen) atoms. The first kappa shape index (κ1) is 58.3. The van der Waals surface area contributed by atoms with E-state index in [1.807, 2.05) is 0 Å². The summed E-state index contributed by atoms with van der Waals surface area (Å²) in [5, 5.41) is 20.7. The molecule has 0 unspecified atom stereocenters. The number of phenols is 1. The van der Waals surface area contributed by atoms with E-state index in [9.17, 15) is 36.2 Å². The fourth-order valence-electron chi connectivity index (χ4n) is 7.81. The number of hydrogen-bond donors (Lipinski definition) is 2. The fourth-order valence-corrected chi connectivity index (χ4v) is 9.33. The van der Waals surface area contributed by atoms with Crippen molar-refractivity contribution in [2.45, 2.75) is 191 Å². The molecule has 0 amide bonds. The third-order valence-electron chi connectivity index (χ3n) is 11.4. The van der Waals surface area contributed by atoms with Crippen LogP contribution in [0.5, 0.6) is 34.5 Å². The van der Waals surface area contributed by atoms with E-state index in [4.69, 9.17) is 9.47 Å². The Morgan fingerprint density at radius 2 is 0.785 bits per heavy atom. The van der Waals surface area contributed by atoms with Gasteiger partial charge in [-0.15, -0.1) is 5.75 Å². The molecule has 2 N–H and O–H groups in total. The number of ether oxygens (including phenoxy) is 2. The first-order valence-electron chi connectivity index (χ1n) is 23.9. The molecule has 0 saturated carbocycles. The average molecular weight is 963 g/mol. The second-order valence-electron chi connectivity index (χ2n) is 16.8. The van der Waals surface area contributed by atoms with Crippen LogP contribution in [0.1, 0.15) is 179 Å². The molecule has 13 heteroatoms. The molecule has 4 aromatic carbocycles. The Morgan fingerprint density at radius 1 is 0.462 bits per heavy atom. The van der Waals surface area contributed by atoms with Crippen LogP contribution >= 0.6 is 0 Å². The van der Waals surface area contributed by atoms with Crippen molar-refractivity contribution in [3.05, 3.63) is 96.1 Å². The Balaban J connectivity index is 0.000000440. The molecule has 0 radical (unpaired) electrons. The summed E-state index contributed by atoms with van der Waals surface area (Å²) in [6.45, 7) is 4.48. The predicted octanol–water partition coefficient (Wildman–Crippen LogP) is 14.0. The predicted molar refractivity (Wildman–Crippen MR) is 260 cm³/mol. The summed E-state index contributed by atoms with van der Waals surface area (Å²) in [6.07, 6.45) is 30.3. The molecule has 356 valence electrons. The van der Waals surface area contributed by atoms with Crippen molar-refractivity contribution in [3.8, 4) is 34.5 Å². The van der Waals surface area contributed by atoms with Crippen LogP contribution in [0.4, 0.5) is 0 Å². The van der Waals surface area contributed by atoms with Crippen LogP contribution in [0, 0.1) is 0 Å². The van der Waals surface area contributed by atoms with Gasteiger partial charge < -0.3 is 24.2 Å². The Hall–Kier alpha value is -2.84. The number of aromatic hydroxyl groups is 1. The smallest absolute Gasteiger partial charge is 0.872 e. The summed E-state index contributed by atoms with van der Waals surface area (Å²) in [5.74, 6) is 1.68. The van der Waals surface area contributed by atoms with E-state index in [-0.39, 0.29) is 59.0 Å². The van der Waals surface area contributed by atoms with E-state index < -0.39 is 20.2 Å². The van der Waals surface area contributed by atoms with Crippen molar-refractivity contribution in [3.63, 3.8) is 0 Å². The van der Waals surface area contributed by atoms with Gasteiger partial charge in [0.05, 0.1) is 4.90 Å². The minimum atomic E-state index is -4.60. The number of unbranched alkanes of at least 4 members (excludes halogenated alkanes) is 22. The normalized spacial score (nSPS) is 11.4. The summed E-state index contributed by atoms with van der Waals surface area (Å²) in [6, 6.07) is 21.3. The van der Waals surface area contributed by atoms with Crippen molar-refractivity contribution in [1.29, 1.82) is 0 Å². The van der Waals surface area contributed by atoms with Crippen molar-refractivity contribution in [2.75, 3.05) is 0 Å². The SMILES string of the molecule is CCCCCCCCCCCCCCc1c(Oc2ccc(O)cc2)cccc1S(=O)(=O)O.CCCCCCCCCCCCCCc1c(Oc2ccc([O-])cc2)cccc1S(=O)(=O)[O-].[Ca+2].